The van der Waals surface area contributed by atoms with Crippen molar-refractivity contribution >= 4 is 17.7 Å². The molecular formula is C21H31N5OS. The minimum atomic E-state index is 0.0304. The Bertz CT molecular complexity index is 809. The zero-order valence-corrected chi connectivity index (χ0v) is 18.1. The van der Waals surface area contributed by atoms with Gasteiger partial charge in [0.25, 0.3) is 0 Å². The molecule has 1 aliphatic rings. The second kappa shape index (κ2) is 8.55. The molecule has 152 valence electrons. The lowest BCUT2D eigenvalue weighted by molar-refractivity contribution is -0.119. The van der Waals surface area contributed by atoms with Gasteiger partial charge in [0.1, 0.15) is 0 Å². The summed E-state index contributed by atoms with van der Waals surface area (Å²) in [7, 11) is 0. The molecule has 1 amide bonds. The molecule has 0 aliphatic heterocycles. The lowest BCUT2D eigenvalue weighted by Gasteiger charge is -2.29. The van der Waals surface area contributed by atoms with Gasteiger partial charge < -0.3 is 11.2 Å². The van der Waals surface area contributed by atoms with E-state index in [0.29, 0.717) is 22.7 Å². The minimum absolute atomic E-state index is 0.0304. The standard InChI is InChI=1S/C21H31N5OS/c1-14-7-5-6-8-17(14)23-18(27)13-28-20-25-24-19(26(20)22)15-9-11-16(12-10-15)21(2,3)4/h9-12,14,17H,5-8,13,22H2,1-4H3,(H,23,27). The summed E-state index contributed by atoms with van der Waals surface area (Å²) < 4.78 is 1.47. The van der Waals surface area contributed by atoms with Gasteiger partial charge in [0.15, 0.2) is 5.82 Å². The van der Waals surface area contributed by atoms with Crippen LogP contribution in [0.15, 0.2) is 29.4 Å². The van der Waals surface area contributed by atoms with E-state index in [0.717, 1.165) is 12.0 Å². The minimum Gasteiger partial charge on any atom is -0.352 e. The number of carbonyl (C=O) groups excluding carboxylic acids is 1. The number of rotatable bonds is 5. The smallest absolute Gasteiger partial charge is 0.230 e. The van der Waals surface area contributed by atoms with Crippen LogP contribution in [0.2, 0.25) is 0 Å². The molecule has 1 aromatic heterocycles. The lowest BCUT2D eigenvalue weighted by Crippen LogP contribution is -2.41. The van der Waals surface area contributed by atoms with E-state index in [1.54, 1.807) is 0 Å². The second-order valence-electron chi connectivity index (χ2n) is 8.73. The van der Waals surface area contributed by atoms with E-state index in [4.69, 9.17) is 5.84 Å². The molecular weight excluding hydrogens is 370 g/mol. The Balaban J connectivity index is 1.61. The monoisotopic (exact) mass is 401 g/mol. The lowest BCUT2D eigenvalue weighted by atomic mass is 9.86. The number of nitrogens with zero attached hydrogens (tertiary/aromatic N) is 3. The Morgan fingerprint density at radius 1 is 1.21 bits per heavy atom. The van der Waals surface area contributed by atoms with Crippen molar-refractivity contribution in [2.24, 2.45) is 5.92 Å². The predicted octanol–water partition coefficient (Wildman–Crippen LogP) is 3.74. The van der Waals surface area contributed by atoms with Gasteiger partial charge in [0, 0.05) is 11.6 Å². The highest BCUT2D eigenvalue weighted by Gasteiger charge is 2.23. The molecule has 1 aliphatic carbocycles. The third kappa shape index (κ3) is 4.87. The Kier molecular flexibility index (Phi) is 6.33. The van der Waals surface area contributed by atoms with Crippen molar-refractivity contribution in [2.75, 3.05) is 11.6 Å². The van der Waals surface area contributed by atoms with E-state index in [1.165, 1.54) is 41.3 Å². The molecule has 1 saturated carbocycles. The average molecular weight is 402 g/mol. The molecule has 0 radical (unpaired) electrons. The van der Waals surface area contributed by atoms with Crippen molar-refractivity contribution in [1.29, 1.82) is 0 Å². The first-order chi connectivity index (χ1) is 13.3. The third-order valence-electron chi connectivity index (χ3n) is 5.46. The molecule has 0 spiro atoms. The molecule has 1 heterocycles. The van der Waals surface area contributed by atoms with Crippen molar-refractivity contribution in [3.05, 3.63) is 29.8 Å². The average Bonchev–Trinajstić information content (AvgIpc) is 3.02. The van der Waals surface area contributed by atoms with Crippen molar-refractivity contribution in [2.45, 2.75) is 70.0 Å². The Morgan fingerprint density at radius 2 is 1.89 bits per heavy atom. The van der Waals surface area contributed by atoms with Gasteiger partial charge in [0.2, 0.25) is 11.1 Å². The molecule has 1 fully saturated rings. The summed E-state index contributed by atoms with van der Waals surface area (Å²) in [5.74, 6) is 7.66. The van der Waals surface area contributed by atoms with E-state index < -0.39 is 0 Å². The number of thioether (sulfide) groups is 1. The number of amides is 1. The van der Waals surface area contributed by atoms with E-state index in [9.17, 15) is 4.79 Å². The van der Waals surface area contributed by atoms with E-state index in [-0.39, 0.29) is 17.4 Å². The SMILES string of the molecule is CC1CCCCC1NC(=O)CSc1nnc(-c2ccc(C(C)(C)C)cc2)n1N. The molecule has 6 nitrogen and oxygen atoms in total. The fourth-order valence-corrected chi connectivity index (χ4v) is 4.27. The highest BCUT2D eigenvalue weighted by Crippen LogP contribution is 2.27. The summed E-state index contributed by atoms with van der Waals surface area (Å²) >= 11 is 1.32. The highest BCUT2D eigenvalue weighted by atomic mass is 32.2. The van der Waals surface area contributed by atoms with Crippen LogP contribution >= 0.6 is 11.8 Å². The molecule has 0 bridgehead atoms. The van der Waals surface area contributed by atoms with Crippen molar-refractivity contribution in [1.82, 2.24) is 20.2 Å². The summed E-state index contributed by atoms with van der Waals surface area (Å²) in [6.07, 6.45) is 4.71. The Labute approximate surface area is 171 Å². The highest BCUT2D eigenvalue weighted by molar-refractivity contribution is 7.99. The number of aromatic nitrogens is 3. The van der Waals surface area contributed by atoms with Gasteiger partial charge in [-0.05, 0) is 29.7 Å². The maximum Gasteiger partial charge on any atom is 0.230 e. The third-order valence-corrected chi connectivity index (χ3v) is 6.41. The summed E-state index contributed by atoms with van der Waals surface area (Å²) in [4.78, 5) is 12.3. The van der Waals surface area contributed by atoms with Crippen LogP contribution < -0.4 is 11.2 Å². The summed E-state index contributed by atoms with van der Waals surface area (Å²) in [5, 5.41) is 12.1. The number of benzene rings is 1. The van der Waals surface area contributed by atoms with E-state index in [1.807, 2.05) is 12.1 Å². The van der Waals surface area contributed by atoms with Crippen LogP contribution in [0.1, 0.15) is 58.9 Å². The number of nitrogens with two attached hydrogens (primary N) is 1. The van der Waals surface area contributed by atoms with Gasteiger partial charge in [0.05, 0.1) is 5.75 Å². The van der Waals surface area contributed by atoms with Crippen LogP contribution in [0.4, 0.5) is 0 Å². The normalized spacial score (nSPS) is 20.1. The number of nitrogen functional groups attached to an aromatic ring is 1. The van der Waals surface area contributed by atoms with Gasteiger partial charge in [-0.15, -0.1) is 10.2 Å². The van der Waals surface area contributed by atoms with Crippen LogP contribution in [0.5, 0.6) is 0 Å². The summed E-state index contributed by atoms with van der Waals surface area (Å²) in [6, 6.07) is 8.50. The molecule has 3 N–H and O–H groups in total. The molecule has 2 aromatic rings. The quantitative estimate of drug-likeness (QED) is 0.589. The maximum absolute atomic E-state index is 12.3. The molecule has 3 rings (SSSR count). The number of nitrogens with one attached hydrogen (secondary N) is 1. The molecule has 0 saturated heterocycles. The molecule has 28 heavy (non-hydrogen) atoms. The van der Waals surface area contributed by atoms with Crippen LogP contribution in [-0.4, -0.2) is 32.6 Å². The van der Waals surface area contributed by atoms with Crippen LogP contribution in [0, 0.1) is 5.92 Å². The zero-order valence-electron chi connectivity index (χ0n) is 17.2. The zero-order chi connectivity index (χ0) is 20.3. The molecule has 7 heteroatoms. The molecule has 2 atom stereocenters. The Hall–Kier alpha value is -2.02. The van der Waals surface area contributed by atoms with Crippen LogP contribution in [-0.2, 0) is 10.2 Å². The van der Waals surface area contributed by atoms with E-state index >= 15 is 0 Å². The Morgan fingerprint density at radius 3 is 2.54 bits per heavy atom. The largest absolute Gasteiger partial charge is 0.352 e. The van der Waals surface area contributed by atoms with Crippen LogP contribution in [0.25, 0.3) is 11.4 Å². The van der Waals surface area contributed by atoms with Gasteiger partial charge in [-0.2, -0.15) is 0 Å². The van der Waals surface area contributed by atoms with Gasteiger partial charge in [-0.1, -0.05) is 76.6 Å². The number of carbonyl (C=O) groups is 1. The first-order valence-electron chi connectivity index (χ1n) is 9.99. The van der Waals surface area contributed by atoms with Gasteiger partial charge in [-0.3, -0.25) is 4.79 Å². The molecule has 1 aromatic carbocycles. The molecule has 2 unspecified atom stereocenters. The van der Waals surface area contributed by atoms with E-state index in [2.05, 4.69) is 55.3 Å². The van der Waals surface area contributed by atoms with Crippen molar-refractivity contribution in [3.63, 3.8) is 0 Å². The van der Waals surface area contributed by atoms with Gasteiger partial charge >= 0.3 is 0 Å². The fraction of sp³-hybridized carbons (Fsp3) is 0.571. The maximum atomic E-state index is 12.3. The first kappa shape index (κ1) is 20.7. The summed E-state index contributed by atoms with van der Waals surface area (Å²) in [5.41, 5.74) is 2.26. The topological polar surface area (TPSA) is 85.8 Å². The van der Waals surface area contributed by atoms with Crippen molar-refractivity contribution in [3.8, 4) is 11.4 Å². The fourth-order valence-electron chi connectivity index (χ4n) is 3.60. The predicted molar refractivity (Wildman–Crippen MR) is 115 cm³/mol. The van der Waals surface area contributed by atoms with Crippen molar-refractivity contribution < 1.29 is 4.79 Å². The first-order valence-corrected chi connectivity index (χ1v) is 11.0. The number of hydrogen-bond acceptors (Lipinski definition) is 5. The van der Waals surface area contributed by atoms with Crippen LogP contribution in [0.3, 0.4) is 0 Å². The summed E-state index contributed by atoms with van der Waals surface area (Å²) in [6.45, 7) is 8.76. The number of hydrogen-bond donors (Lipinski definition) is 2. The van der Waals surface area contributed by atoms with Gasteiger partial charge in [-0.25, -0.2) is 4.68 Å². The second-order valence-corrected chi connectivity index (χ2v) is 9.67.